The zero-order valence-corrected chi connectivity index (χ0v) is 7.27. The minimum atomic E-state index is 0.152. The third-order valence-corrected chi connectivity index (χ3v) is 1.79. The van der Waals surface area contributed by atoms with Crippen molar-refractivity contribution in [2.75, 3.05) is 0 Å². The van der Waals surface area contributed by atoms with E-state index in [1.807, 2.05) is 18.3 Å². The molecule has 4 heteroatoms. The Labute approximate surface area is 75.2 Å². The molecule has 0 aliphatic heterocycles. The highest BCUT2D eigenvalue weighted by Gasteiger charge is 1.99. The van der Waals surface area contributed by atoms with Gasteiger partial charge in [-0.2, -0.15) is 5.10 Å². The molecule has 0 radical (unpaired) electrons. The fraction of sp³-hybridized carbons (Fsp3) is 0.222. The second-order valence-corrected chi connectivity index (χ2v) is 2.98. The molecular weight excluding hydrogens is 166 g/mol. The van der Waals surface area contributed by atoms with Crippen LogP contribution < -0.4 is 0 Å². The summed E-state index contributed by atoms with van der Waals surface area (Å²) in [6, 6.07) is 3.75. The third kappa shape index (κ3) is 1.56. The molecule has 2 rings (SSSR count). The first-order chi connectivity index (χ1) is 6.25. The van der Waals surface area contributed by atoms with Crippen LogP contribution in [-0.4, -0.2) is 20.4 Å². The summed E-state index contributed by atoms with van der Waals surface area (Å²) in [4.78, 5) is 14.8. The SMILES string of the molecule is CC(=O)Cc1ccc2ncnn2c1. The quantitative estimate of drug-likeness (QED) is 0.680. The third-order valence-electron chi connectivity index (χ3n) is 1.79. The number of carbonyl (C=O) groups is 1. The van der Waals surface area contributed by atoms with Gasteiger partial charge in [0.1, 0.15) is 12.1 Å². The number of ketones is 1. The van der Waals surface area contributed by atoms with Gasteiger partial charge in [-0.15, -0.1) is 0 Å². The van der Waals surface area contributed by atoms with Gasteiger partial charge in [0.2, 0.25) is 0 Å². The van der Waals surface area contributed by atoms with Crippen LogP contribution in [0.1, 0.15) is 12.5 Å². The Balaban J connectivity index is 2.42. The minimum Gasteiger partial charge on any atom is -0.300 e. The molecular formula is C9H9N3O. The number of hydrogen-bond acceptors (Lipinski definition) is 3. The van der Waals surface area contributed by atoms with Gasteiger partial charge >= 0.3 is 0 Å². The van der Waals surface area contributed by atoms with Crippen molar-refractivity contribution in [1.29, 1.82) is 0 Å². The minimum absolute atomic E-state index is 0.152. The van der Waals surface area contributed by atoms with E-state index in [4.69, 9.17) is 0 Å². The van der Waals surface area contributed by atoms with E-state index < -0.39 is 0 Å². The van der Waals surface area contributed by atoms with Crippen LogP contribution in [0.15, 0.2) is 24.7 Å². The van der Waals surface area contributed by atoms with E-state index in [-0.39, 0.29) is 5.78 Å². The second-order valence-electron chi connectivity index (χ2n) is 2.98. The molecule has 0 N–H and O–H groups in total. The normalized spacial score (nSPS) is 10.5. The molecule has 0 fully saturated rings. The van der Waals surface area contributed by atoms with Crippen LogP contribution in [0, 0.1) is 0 Å². The number of carbonyl (C=O) groups excluding carboxylic acids is 1. The summed E-state index contributed by atoms with van der Waals surface area (Å²) in [5.41, 5.74) is 1.76. The number of pyridine rings is 1. The molecule has 0 atom stereocenters. The molecule has 0 amide bonds. The van der Waals surface area contributed by atoms with E-state index in [0.717, 1.165) is 11.2 Å². The summed E-state index contributed by atoms with van der Waals surface area (Å²) in [6.07, 6.45) is 3.77. The average Bonchev–Trinajstić information content (AvgIpc) is 2.49. The van der Waals surface area contributed by atoms with Gasteiger partial charge in [0.05, 0.1) is 0 Å². The number of hydrogen-bond donors (Lipinski definition) is 0. The van der Waals surface area contributed by atoms with Gasteiger partial charge < -0.3 is 0 Å². The summed E-state index contributed by atoms with van der Waals surface area (Å²) in [5, 5.41) is 3.98. The van der Waals surface area contributed by atoms with E-state index in [1.54, 1.807) is 11.4 Å². The van der Waals surface area contributed by atoms with Gasteiger partial charge in [-0.3, -0.25) is 4.79 Å². The fourth-order valence-corrected chi connectivity index (χ4v) is 1.25. The summed E-state index contributed by atoms with van der Waals surface area (Å²) in [5.74, 6) is 0.152. The molecule has 0 saturated carbocycles. The lowest BCUT2D eigenvalue weighted by Gasteiger charge is -1.97. The lowest BCUT2D eigenvalue weighted by atomic mass is 10.1. The second kappa shape index (κ2) is 2.97. The maximum absolute atomic E-state index is 10.8. The molecule has 2 aromatic heterocycles. The summed E-state index contributed by atoms with van der Waals surface area (Å²) < 4.78 is 1.66. The molecule has 0 bridgehead atoms. The maximum atomic E-state index is 10.8. The first-order valence-electron chi connectivity index (χ1n) is 4.03. The van der Waals surface area contributed by atoms with Gasteiger partial charge in [-0.05, 0) is 18.6 Å². The highest BCUT2D eigenvalue weighted by molar-refractivity contribution is 5.78. The van der Waals surface area contributed by atoms with Gasteiger partial charge in [0.25, 0.3) is 0 Å². The van der Waals surface area contributed by atoms with Gasteiger partial charge in [0.15, 0.2) is 5.65 Å². The first-order valence-corrected chi connectivity index (χ1v) is 4.03. The van der Waals surface area contributed by atoms with E-state index in [1.165, 1.54) is 6.33 Å². The zero-order chi connectivity index (χ0) is 9.26. The van der Waals surface area contributed by atoms with Crippen molar-refractivity contribution in [1.82, 2.24) is 14.6 Å². The predicted octanol–water partition coefficient (Wildman–Crippen LogP) is 0.861. The first kappa shape index (κ1) is 7.91. The molecule has 0 spiro atoms. The average molecular weight is 175 g/mol. The Kier molecular flexibility index (Phi) is 1.81. The van der Waals surface area contributed by atoms with Crippen molar-refractivity contribution >= 4 is 11.4 Å². The predicted molar refractivity (Wildman–Crippen MR) is 47.4 cm³/mol. The molecule has 2 heterocycles. The van der Waals surface area contributed by atoms with E-state index in [0.29, 0.717) is 6.42 Å². The van der Waals surface area contributed by atoms with Crippen LogP contribution >= 0.6 is 0 Å². The van der Waals surface area contributed by atoms with E-state index >= 15 is 0 Å². The Morgan fingerprint density at radius 2 is 2.38 bits per heavy atom. The summed E-state index contributed by atoms with van der Waals surface area (Å²) in [6.45, 7) is 1.57. The topological polar surface area (TPSA) is 47.3 Å². The van der Waals surface area contributed by atoms with Crippen molar-refractivity contribution in [3.05, 3.63) is 30.2 Å². The number of Topliss-reactive ketones (excluding diaryl/α,β-unsaturated/α-hetero) is 1. The smallest absolute Gasteiger partial charge is 0.155 e. The maximum Gasteiger partial charge on any atom is 0.155 e. The zero-order valence-electron chi connectivity index (χ0n) is 7.27. The van der Waals surface area contributed by atoms with Crippen LogP contribution in [0.5, 0.6) is 0 Å². The summed E-state index contributed by atoms with van der Waals surface area (Å²) in [7, 11) is 0. The highest BCUT2D eigenvalue weighted by Crippen LogP contribution is 2.03. The number of rotatable bonds is 2. The standard InChI is InChI=1S/C9H9N3O/c1-7(13)4-8-2-3-9-10-6-11-12(9)5-8/h2-3,5-6H,4H2,1H3. The molecule has 66 valence electrons. The fourth-order valence-electron chi connectivity index (χ4n) is 1.25. The summed E-state index contributed by atoms with van der Waals surface area (Å²) >= 11 is 0. The number of fused-ring (bicyclic) bond motifs is 1. The van der Waals surface area contributed by atoms with Crippen LogP contribution in [-0.2, 0) is 11.2 Å². The lowest BCUT2D eigenvalue weighted by Crippen LogP contribution is -1.98. The molecule has 2 aromatic rings. The van der Waals surface area contributed by atoms with Gasteiger partial charge in [-0.1, -0.05) is 6.07 Å². The van der Waals surface area contributed by atoms with Crippen LogP contribution in [0.4, 0.5) is 0 Å². The van der Waals surface area contributed by atoms with Crippen LogP contribution in [0.25, 0.3) is 5.65 Å². The van der Waals surface area contributed by atoms with Crippen molar-refractivity contribution in [2.45, 2.75) is 13.3 Å². The highest BCUT2D eigenvalue weighted by atomic mass is 16.1. The Morgan fingerprint density at radius 3 is 3.15 bits per heavy atom. The van der Waals surface area contributed by atoms with E-state index in [2.05, 4.69) is 10.1 Å². The van der Waals surface area contributed by atoms with Crippen LogP contribution in [0.3, 0.4) is 0 Å². The van der Waals surface area contributed by atoms with Crippen molar-refractivity contribution in [3.63, 3.8) is 0 Å². The molecule has 4 nitrogen and oxygen atoms in total. The molecule has 0 aliphatic rings. The monoisotopic (exact) mass is 175 g/mol. The Morgan fingerprint density at radius 1 is 1.54 bits per heavy atom. The molecule has 0 aromatic carbocycles. The number of aromatic nitrogens is 3. The van der Waals surface area contributed by atoms with Crippen molar-refractivity contribution in [2.24, 2.45) is 0 Å². The molecule has 0 saturated heterocycles. The van der Waals surface area contributed by atoms with Gasteiger partial charge in [-0.25, -0.2) is 9.50 Å². The van der Waals surface area contributed by atoms with Gasteiger partial charge in [0, 0.05) is 12.6 Å². The Hall–Kier alpha value is -1.71. The lowest BCUT2D eigenvalue weighted by molar-refractivity contribution is -0.116. The van der Waals surface area contributed by atoms with E-state index in [9.17, 15) is 4.79 Å². The Bertz CT molecular complexity index is 447. The molecule has 0 aliphatic carbocycles. The molecule has 13 heavy (non-hydrogen) atoms. The van der Waals surface area contributed by atoms with Crippen molar-refractivity contribution in [3.8, 4) is 0 Å². The number of nitrogens with zero attached hydrogens (tertiary/aromatic N) is 3. The van der Waals surface area contributed by atoms with Crippen LogP contribution in [0.2, 0.25) is 0 Å². The van der Waals surface area contributed by atoms with Crippen molar-refractivity contribution < 1.29 is 4.79 Å². The molecule has 0 unspecified atom stereocenters. The largest absolute Gasteiger partial charge is 0.300 e.